The second-order valence-corrected chi connectivity index (χ2v) is 2.34. The molecule has 0 fully saturated rings. The zero-order valence-electron chi connectivity index (χ0n) is 6.72. The maximum atomic E-state index is 10.7. The van der Waals surface area contributed by atoms with Crippen LogP contribution in [0.3, 0.4) is 0 Å². The molecule has 0 aliphatic rings. The SMILES string of the molecule is CC(=O)CCNC(=O)CCN. The van der Waals surface area contributed by atoms with Crippen LogP contribution in [0.1, 0.15) is 19.8 Å². The molecule has 0 spiro atoms. The molecule has 0 rings (SSSR count). The van der Waals surface area contributed by atoms with Crippen LogP contribution in [0.2, 0.25) is 0 Å². The molecular weight excluding hydrogens is 144 g/mol. The van der Waals surface area contributed by atoms with Gasteiger partial charge in [0.1, 0.15) is 5.78 Å². The number of carbonyl (C=O) groups excluding carboxylic acids is 2. The molecule has 0 aromatic carbocycles. The summed E-state index contributed by atoms with van der Waals surface area (Å²) in [4.78, 5) is 21.1. The first-order valence-electron chi connectivity index (χ1n) is 3.63. The van der Waals surface area contributed by atoms with Gasteiger partial charge in [-0.15, -0.1) is 0 Å². The highest BCUT2D eigenvalue weighted by atomic mass is 16.1. The van der Waals surface area contributed by atoms with Crippen LogP contribution in [0.25, 0.3) is 0 Å². The van der Waals surface area contributed by atoms with Gasteiger partial charge in [-0.2, -0.15) is 0 Å². The minimum absolute atomic E-state index is 0.0815. The van der Waals surface area contributed by atoms with Gasteiger partial charge in [-0.3, -0.25) is 9.59 Å². The van der Waals surface area contributed by atoms with Gasteiger partial charge in [-0.25, -0.2) is 0 Å². The van der Waals surface area contributed by atoms with E-state index in [4.69, 9.17) is 5.73 Å². The topological polar surface area (TPSA) is 72.2 Å². The van der Waals surface area contributed by atoms with Gasteiger partial charge < -0.3 is 11.1 Å². The van der Waals surface area contributed by atoms with Crippen LogP contribution in [-0.2, 0) is 9.59 Å². The van der Waals surface area contributed by atoms with Crippen LogP contribution in [-0.4, -0.2) is 24.8 Å². The van der Waals surface area contributed by atoms with Crippen LogP contribution in [0, 0.1) is 0 Å². The average Bonchev–Trinajstić information content (AvgIpc) is 1.87. The van der Waals surface area contributed by atoms with Gasteiger partial charge >= 0.3 is 0 Å². The Labute approximate surface area is 66.1 Å². The minimum atomic E-state index is -0.0891. The van der Waals surface area contributed by atoms with E-state index >= 15 is 0 Å². The van der Waals surface area contributed by atoms with Gasteiger partial charge in [-0.05, 0) is 6.92 Å². The molecule has 0 heterocycles. The van der Waals surface area contributed by atoms with Gasteiger partial charge in [0, 0.05) is 25.9 Å². The lowest BCUT2D eigenvalue weighted by Gasteiger charge is -2.00. The zero-order chi connectivity index (χ0) is 8.69. The molecule has 0 unspecified atom stereocenters. The van der Waals surface area contributed by atoms with Crippen molar-refractivity contribution in [1.29, 1.82) is 0 Å². The van der Waals surface area contributed by atoms with Crippen molar-refractivity contribution in [3.63, 3.8) is 0 Å². The summed E-state index contributed by atoms with van der Waals surface area (Å²) < 4.78 is 0. The smallest absolute Gasteiger partial charge is 0.221 e. The second-order valence-electron chi connectivity index (χ2n) is 2.34. The Kier molecular flexibility index (Phi) is 5.37. The molecule has 0 atom stereocenters. The molecule has 1 amide bonds. The number of hydrogen-bond donors (Lipinski definition) is 2. The molecule has 0 saturated heterocycles. The van der Waals surface area contributed by atoms with Crippen molar-refractivity contribution in [3.8, 4) is 0 Å². The molecule has 0 radical (unpaired) electrons. The maximum Gasteiger partial charge on any atom is 0.221 e. The summed E-state index contributed by atoms with van der Waals surface area (Å²) in [6.07, 6.45) is 0.730. The Balaban J connectivity index is 3.24. The molecule has 0 aromatic heterocycles. The van der Waals surface area contributed by atoms with E-state index in [0.717, 1.165) is 0 Å². The van der Waals surface area contributed by atoms with Crippen LogP contribution in [0.4, 0.5) is 0 Å². The second kappa shape index (κ2) is 5.85. The highest BCUT2D eigenvalue weighted by Crippen LogP contribution is 1.80. The third kappa shape index (κ3) is 6.99. The Bertz CT molecular complexity index is 145. The number of amides is 1. The number of rotatable bonds is 5. The predicted octanol–water partition coefficient (Wildman–Crippen LogP) is -0.569. The quantitative estimate of drug-likeness (QED) is 0.563. The predicted molar refractivity (Wildman–Crippen MR) is 42.0 cm³/mol. The number of hydrogen-bond acceptors (Lipinski definition) is 3. The monoisotopic (exact) mass is 158 g/mol. The standard InChI is InChI=1S/C7H14N2O2/c1-6(10)3-5-9-7(11)2-4-8/h2-5,8H2,1H3,(H,9,11). The Morgan fingerprint density at radius 1 is 1.36 bits per heavy atom. The van der Waals surface area contributed by atoms with E-state index in [1.165, 1.54) is 6.92 Å². The molecule has 0 bridgehead atoms. The molecule has 0 aromatic rings. The fourth-order valence-corrected chi connectivity index (χ4v) is 0.597. The Hall–Kier alpha value is -0.900. The van der Waals surface area contributed by atoms with E-state index in [2.05, 4.69) is 5.32 Å². The zero-order valence-corrected chi connectivity index (χ0v) is 6.72. The van der Waals surface area contributed by atoms with Crippen molar-refractivity contribution in [2.45, 2.75) is 19.8 Å². The van der Waals surface area contributed by atoms with Crippen molar-refractivity contribution in [1.82, 2.24) is 5.32 Å². The number of ketones is 1. The van der Waals surface area contributed by atoms with Crippen molar-refractivity contribution in [2.75, 3.05) is 13.1 Å². The molecule has 0 saturated carbocycles. The average molecular weight is 158 g/mol. The molecule has 3 N–H and O–H groups in total. The van der Waals surface area contributed by atoms with Gasteiger partial charge in [0.2, 0.25) is 5.91 Å². The molecule has 4 nitrogen and oxygen atoms in total. The van der Waals surface area contributed by atoms with Gasteiger partial charge in [0.25, 0.3) is 0 Å². The lowest BCUT2D eigenvalue weighted by atomic mass is 10.3. The van der Waals surface area contributed by atoms with Gasteiger partial charge in [0.05, 0.1) is 0 Å². The highest BCUT2D eigenvalue weighted by molar-refractivity contribution is 5.78. The number of carbonyl (C=O) groups is 2. The van der Waals surface area contributed by atoms with E-state index in [0.29, 0.717) is 25.9 Å². The van der Waals surface area contributed by atoms with E-state index in [1.54, 1.807) is 0 Å². The Morgan fingerprint density at radius 2 is 2.00 bits per heavy atom. The summed E-state index contributed by atoms with van der Waals surface area (Å²) >= 11 is 0. The first-order valence-corrected chi connectivity index (χ1v) is 3.63. The van der Waals surface area contributed by atoms with E-state index < -0.39 is 0 Å². The van der Waals surface area contributed by atoms with Crippen molar-refractivity contribution in [3.05, 3.63) is 0 Å². The van der Waals surface area contributed by atoms with Crippen molar-refractivity contribution >= 4 is 11.7 Å². The summed E-state index contributed by atoms with van der Waals surface area (Å²) in [5.74, 6) is -0.00759. The van der Waals surface area contributed by atoms with E-state index in [9.17, 15) is 9.59 Å². The van der Waals surface area contributed by atoms with Crippen LogP contribution in [0.15, 0.2) is 0 Å². The fraction of sp³-hybridized carbons (Fsp3) is 0.714. The summed E-state index contributed by atoms with van der Waals surface area (Å²) in [6.45, 7) is 2.27. The number of nitrogens with one attached hydrogen (secondary N) is 1. The molecule has 4 heteroatoms. The Morgan fingerprint density at radius 3 is 2.45 bits per heavy atom. The summed E-state index contributed by atoms with van der Waals surface area (Å²) in [7, 11) is 0. The summed E-state index contributed by atoms with van der Waals surface area (Å²) in [5, 5.41) is 2.58. The minimum Gasteiger partial charge on any atom is -0.356 e. The molecular formula is C7H14N2O2. The van der Waals surface area contributed by atoms with E-state index in [1.807, 2.05) is 0 Å². The largest absolute Gasteiger partial charge is 0.356 e. The lowest BCUT2D eigenvalue weighted by molar-refractivity contribution is -0.121. The molecule has 0 aliphatic heterocycles. The maximum absolute atomic E-state index is 10.7. The third-order valence-electron chi connectivity index (χ3n) is 1.17. The fourth-order valence-electron chi connectivity index (χ4n) is 0.597. The highest BCUT2D eigenvalue weighted by Gasteiger charge is 1.98. The molecule has 64 valence electrons. The van der Waals surface area contributed by atoms with Crippen molar-refractivity contribution in [2.24, 2.45) is 5.73 Å². The van der Waals surface area contributed by atoms with Crippen molar-refractivity contribution < 1.29 is 9.59 Å². The first-order chi connectivity index (χ1) is 5.16. The van der Waals surface area contributed by atoms with Gasteiger partial charge in [-0.1, -0.05) is 0 Å². The summed E-state index contributed by atoms with van der Waals surface area (Å²) in [5.41, 5.74) is 5.13. The van der Waals surface area contributed by atoms with Gasteiger partial charge in [0.15, 0.2) is 0 Å². The molecule has 11 heavy (non-hydrogen) atoms. The third-order valence-corrected chi connectivity index (χ3v) is 1.17. The van der Waals surface area contributed by atoms with Crippen LogP contribution in [0.5, 0.6) is 0 Å². The summed E-state index contributed by atoms with van der Waals surface area (Å²) in [6, 6.07) is 0. The lowest BCUT2D eigenvalue weighted by Crippen LogP contribution is -2.27. The number of nitrogens with two attached hydrogens (primary N) is 1. The van der Waals surface area contributed by atoms with E-state index in [-0.39, 0.29) is 11.7 Å². The number of Topliss-reactive ketones (excluding diaryl/α,β-unsaturated/α-hetero) is 1. The molecule has 0 aliphatic carbocycles. The van der Waals surface area contributed by atoms with Crippen LogP contribution < -0.4 is 11.1 Å². The van der Waals surface area contributed by atoms with Crippen LogP contribution >= 0.6 is 0 Å². The first kappa shape index (κ1) is 10.1. The normalized spacial score (nSPS) is 9.27.